The molecule has 11 nitrogen and oxygen atoms in total. The SMILES string of the molecule is O=C(O[C@H](Cc1cc(Cl)c2[nH]ncc2c1)C(=O)N1CCC(N2CCCCC2)CC1)N1CCC(N2CCc3ccccc3NC2=O)CC1. The van der Waals surface area contributed by atoms with Crippen molar-refractivity contribution in [2.24, 2.45) is 0 Å². The number of aromatic nitrogens is 2. The highest BCUT2D eigenvalue weighted by Crippen LogP contribution is 2.28. The molecule has 12 heteroatoms. The van der Waals surface area contributed by atoms with Gasteiger partial charge >= 0.3 is 12.1 Å². The molecule has 0 spiro atoms. The molecule has 4 aliphatic heterocycles. The molecule has 4 aliphatic rings. The van der Waals surface area contributed by atoms with Crippen molar-refractivity contribution in [2.75, 3.05) is 51.1 Å². The number of halogens is 1. The number of aromatic amines is 1. The predicted octanol–water partition coefficient (Wildman–Crippen LogP) is 5.30. The van der Waals surface area contributed by atoms with Crippen LogP contribution in [0.15, 0.2) is 42.6 Å². The van der Waals surface area contributed by atoms with Gasteiger partial charge in [-0.25, -0.2) is 9.59 Å². The molecule has 3 saturated heterocycles. The van der Waals surface area contributed by atoms with E-state index in [-0.39, 0.29) is 24.4 Å². The molecule has 1 aromatic heterocycles. The van der Waals surface area contributed by atoms with Crippen molar-refractivity contribution < 1.29 is 19.1 Å². The maximum atomic E-state index is 14.0. The fraction of sp³-hybridized carbons (Fsp3) is 0.543. The van der Waals surface area contributed by atoms with Crippen molar-refractivity contribution in [2.45, 2.75) is 76.0 Å². The number of rotatable bonds is 6. The highest BCUT2D eigenvalue weighted by atomic mass is 35.5. The zero-order chi connectivity index (χ0) is 32.3. The third-order valence-electron chi connectivity index (χ3n) is 10.5. The van der Waals surface area contributed by atoms with E-state index in [1.807, 2.05) is 46.2 Å². The predicted molar refractivity (Wildman–Crippen MR) is 181 cm³/mol. The molecule has 7 rings (SSSR count). The minimum Gasteiger partial charge on any atom is -0.436 e. The number of benzene rings is 2. The minimum atomic E-state index is -0.970. The van der Waals surface area contributed by atoms with Gasteiger partial charge in [0.2, 0.25) is 0 Å². The van der Waals surface area contributed by atoms with Crippen LogP contribution in [-0.2, 0) is 22.4 Å². The summed E-state index contributed by atoms with van der Waals surface area (Å²) in [4.78, 5) is 48.8. The quantitative estimate of drug-likeness (QED) is 0.371. The van der Waals surface area contributed by atoms with Gasteiger partial charge in [-0.15, -0.1) is 0 Å². The van der Waals surface area contributed by atoms with E-state index in [0.717, 1.165) is 60.1 Å². The van der Waals surface area contributed by atoms with Gasteiger partial charge in [0.25, 0.3) is 5.91 Å². The molecule has 1 atom stereocenters. The van der Waals surface area contributed by atoms with Crippen LogP contribution in [0.4, 0.5) is 15.3 Å². The van der Waals surface area contributed by atoms with Crippen LogP contribution >= 0.6 is 11.6 Å². The van der Waals surface area contributed by atoms with E-state index in [1.54, 1.807) is 11.1 Å². The molecule has 2 aromatic carbocycles. The number of likely N-dealkylation sites (tertiary alicyclic amines) is 3. The zero-order valence-electron chi connectivity index (χ0n) is 26.8. The van der Waals surface area contributed by atoms with E-state index in [9.17, 15) is 14.4 Å². The Bertz CT molecular complexity index is 1590. The van der Waals surface area contributed by atoms with Crippen LogP contribution in [0.5, 0.6) is 0 Å². The molecule has 3 aromatic rings. The van der Waals surface area contributed by atoms with Crippen LogP contribution in [0, 0.1) is 0 Å². The largest absolute Gasteiger partial charge is 0.436 e. The van der Waals surface area contributed by atoms with Gasteiger partial charge in [-0.3, -0.25) is 9.89 Å². The smallest absolute Gasteiger partial charge is 0.410 e. The number of carbonyl (C=O) groups excluding carboxylic acids is 3. The van der Waals surface area contributed by atoms with E-state index in [2.05, 4.69) is 20.4 Å². The first-order valence-electron chi connectivity index (χ1n) is 17.2. The summed E-state index contributed by atoms with van der Waals surface area (Å²) in [5, 5.41) is 11.4. The van der Waals surface area contributed by atoms with Gasteiger partial charge in [0.05, 0.1) is 16.7 Å². The lowest BCUT2D eigenvalue weighted by atomic mass is 9.98. The Kier molecular flexibility index (Phi) is 9.53. The second-order valence-electron chi connectivity index (χ2n) is 13.4. The zero-order valence-corrected chi connectivity index (χ0v) is 27.6. The first kappa shape index (κ1) is 31.8. The van der Waals surface area contributed by atoms with Gasteiger partial charge in [-0.05, 0) is 87.4 Å². The van der Waals surface area contributed by atoms with Crippen LogP contribution in [0.2, 0.25) is 5.02 Å². The van der Waals surface area contributed by atoms with Crippen molar-refractivity contribution in [1.29, 1.82) is 0 Å². The molecule has 4 amide bonds. The first-order valence-corrected chi connectivity index (χ1v) is 17.6. The lowest BCUT2D eigenvalue weighted by Crippen LogP contribution is -2.53. The van der Waals surface area contributed by atoms with Crippen molar-refractivity contribution in [3.05, 3.63) is 58.7 Å². The summed E-state index contributed by atoms with van der Waals surface area (Å²) in [5.74, 6) is -0.158. The number of fused-ring (bicyclic) bond motifs is 2. The van der Waals surface area contributed by atoms with E-state index < -0.39 is 12.2 Å². The van der Waals surface area contributed by atoms with Gasteiger partial charge in [0.15, 0.2) is 6.10 Å². The highest BCUT2D eigenvalue weighted by molar-refractivity contribution is 6.35. The van der Waals surface area contributed by atoms with Gasteiger partial charge in [0.1, 0.15) is 0 Å². The summed E-state index contributed by atoms with van der Waals surface area (Å²) in [6.07, 6.45) is 8.20. The standard InChI is InChI=1S/C35H44ClN7O4/c36-29-21-24(20-26-23-37-39-32(26)29)22-31(33(44)41-15-9-27(10-16-41)40-13-4-1-5-14-40)47-35(46)42-17-11-28(12-18-42)43-19-8-25-6-2-3-7-30(25)38-34(43)45/h2-3,6-7,20-21,23,27-28,31H,1,4-5,8-19,22H2,(H,37,39)(H,38,45)/t31-/m1/s1. The lowest BCUT2D eigenvalue weighted by Gasteiger charge is -2.41. The summed E-state index contributed by atoms with van der Waals surface area (Å²) < 4.78 is 6.08. The second kappa shape index (κ2) is 14.1. The summed E-state index contributed by atoms with van der Waals surface area (Å²) in [6.45, 7) is 5.13. The number of piperidine rings is 3. The summed E-state index contributed by atoms with van der Waals surface area (Å²) in [6, 6.07) is 12.1. The maximum absolute atomic E-state index is 14.0. The van der Waals surface area contributed by atoms with Crippen molar-refractivity contribution in [1.82, 2.24) is 29.8 Å². The number of hydrogen-bond donors (Lipinski definition) is 2. The molecule has 0 saturated carbocycles. The van der Waals surface area contributed by atoms with Crippen LogP contribution in [0.3, 0.4) is 0 Å². The van der Waals surface area contributed by atoms with Crippen molar-refractivity contribution >= 4 is 46.2 Å². The lowest BCUT2D eigenvalue weighted by molar-refractivity contribution is -0.142. The highest BCUT2D eigenvalue weighted by Gasteiger charge is 2.36. The molecule has 47 heavy (non-hydrogen) atoms. The Labute approximate surface area is 280 Å². The third kappa shape index (κ3) is 7.06. The van der Waals surface area contributed by atoms with E-state index >= 15 is 0 Å². The van der Waals surface area contributed by atoms with Crippen LogP contribution in [0.1, 0.15) is 56.1 Å². The summed E-state index contributed by atoms with van der Waals surface area (Å²) in [7, 11) is 0. The molecule has 0 radical (unpaired) electrons. The number of hydrogen-bond acceptors (Lipinski definition) is 6. The van der Waals surface area contributed by atoms with E-state index in [0.29, 0.717) is 56.6 Å². The number of ether oxygens (including phenoxy) is 1. The first-order chi connectivity index (χ1) is 22.9. The molecule has 0 unspecified atom stereocenters. The normalized spacial score (nSPS) is 20.9. The number of para-hydroxylation sites is 1. The average Bonchev–Trinajstić information content (AvgIpc) is 3.52. The number of anilines is 1. The molecule has 0 aliphatic carbocycles. The topological polar surface area (TPSA) is 114 Å². The number of urea groups is 1. The van der Waals surface area contributed by atoms with Gasteiger partial charge < -0.3 is 29.7 Å². The molecule has 3 fully saturated rings. The number of nitrogens with zero attached hydrogens (tertiary/aromatic N) is 5. The van der Waals surface area contributed by atoms with Crippen LogP contribution in [0.25, 0.3) is 10.9 Å². The molecule has 250 valence electrons. The Balaban J connectivity index is 1.00. The summed E-state index contributed by atoms with van der Waals surface area (Å²) >= 11 is 6.54. The fourth-order valence-corrected chi connectivity index (χ4v) is 8.11. The molecular weight excluding hydrogens is 618 g/mol. The molecule has 0 bridgehead atoms. The number of nitrogens with one attached hydrogen (secondary N) is 2. The minimum absolute atomic E-state index is 0.0239. The van der Waals surface area contributed by atoms with Crippen molar-refractivity contribution in [3.8, 4) is 0 Å². The third-order valence-corrected chi connectivity index (χ3v) is 10.8. The van der Waals surface area contributed by atoms with Gasteiger partial charge in [0, 0.05) is 62.3 Å². The van der Waals surface area contributed by atoms with Crippen molar-refractivity contribution in [3.63, 3.8) is 0 Å². The van der Waals surface area contributed by atoms with E-state index in [4.69, 9.17) is 16.3 Å². The van der Waals surface area contributed by atoms with Crippen LogP contribution in [-0.4, -0.2) is 112 Å². The Morgan fingerprint density at radius 1 is 0.915 bits per heavy atom. The number of amides is 4. The molecular formula is C35H44ClN7O4. The molecule has 2 N–H and O–H groups in total. The monoisotopic (exact) mass is 661 g/mol. The Morgan fingerprint density at radius 2 is 1.64 bits per heavy atom. The average molecular weight is 662 g/mol. The van der Waals surface area contributed by atoms with Crippen LogP contribution < -0.4 is 5.32 Å². The van der Waals surface area contributed by atoms with Gasteiger partial charge in [-0.1, -0.05) is 36.2 Å². The number of carbonyl (C=O) groups is 3. The van der Waals surface area contributed by atoms with Gasteiger partial charge in [-0.2, -0.15) is 5.10 Å². The molecule has 5 heterocycles. The maximum Gasteiger partial charge on any atom is 0.410 e. The summed E-state index contributed by atoms with van der Waals surface area (Å²) in [5.41, 5.74) is 3.54. The fourth-order valence-electron chi connectivity index (χ4n) is 7.82. The second-order valence-corrected chi connectivity index (χ2v) is 13.8. The number of H-pyrrole nitrogens is 1. The Morgan fingerprint density at radius 3 is 2.43 bits per heavy atom. The van der Waals surface area contributed by atoms with E-state index in [1.165, 1.54) is 19.3 Å². The Hall–Kier alpha value is -3.83.